The highest BCUT2D eigenvalue weighted by atomic mass is 32.2. The van der Waals surface area contributed by atoms with E-state index in [1.54, 1.807) is 12.1 Å². The maximum Gasteiger partial charge on any atom is 0.379 e. The predicted molar refractivity (Wildman–Crippen MR) is 123 cm³/mol. The molecule has 15 heteroatoms. The third-order valence-electron chi connectivity index (χ3n) is 5.34. The van der Waals surface area contributed by atoms with Crippen molar-refractivity contribution in [3.05, 3.63) is 84.8 Å². The Morgan fingerprint density at radius 1 is 0.861 bits per heavy atom. The minimum atomic E-state index is -4.51. The fraction of sp³-hybridized carbons (Fsp3) is 0.0476. The summed E-state index contributed by atoms with van der Waals surface area (Å²) in [4.78, 5) is 25.0. The van der Waals surface area contributed by atoms with E-state index in [-0.39, 0.29) is 16.3 Å². The number of hydrogen-bond acceptors (Lipinski definition) is 8. The van der Waals surface area contributed by atoms with Crippen molar-refractivity contribution >= 4 is 43.5 Å². The van der Waals surface area contributed by atoms with Gasteiger partial charge in [-0.25, -0.2) is 9.59 Å². The zero-order valence-electron chi connectivity index (χ0n) is 18.0. The summed E-state index contributed by atoms with van der Waals surface area (Å²) in [7, 11) is -8.95. The molecule has 0 saturated heterocycles. The van der Waals surface area contributed by atoms with Gasteiger partial charge in [-0.15, -0.1) is 0 Å². The van der Waals surface area contributed by atoms with Crippen molar-refractivity contribution in [3.63, 3.8) is 0 Å². The molecule has 1 aromatic heterocycles. The van der Waals surface area contributed by atoms with Crippen LogP contribution in [0.15, 0.2) is 105 Å². The average Bonchev–Trinajstić information content (AvgIpc) is 3.44. The number of quaternary nitrogens is 1. The molecule has 0 saturated carbocycles. The number of nitrogens with zero attached hydrogens (tertiary/aromatic N) is 4. The Kier molecular flexibility index (Phi) is 6.19. The van der Waals surface area contributed by atoms with Crippen LogP contribution in [0.5, 0.6) is 0 Å². The molecule has 0 bridgehead atoms. The van der Waals surface area contributed by atoms with E-state index in [1.807, 2.05) is 0 Å². The van der Waals surface area contributed by atoms with Crippen LogP contribution in [0.3, 0.4) is 0 Å². The highest BCUT2D eigenvalue weighted by molar-refractivity contribution is 7.86. The molecule has 0 aliphatic carbocycles. The standard InChI is InChI=1S/C21H16N4O9S2/c26-20-19(23-22-14-3-7-16(8-4-14)35(29,30)31)18(21(27)28)13-25(20,24-11-1-2-12-24)15-5-9-17(10-6-15)36(32,33)34/h1-13,19H,(H2-,27,28,29,30,31,32,33,34)/p+1. The molecule has 36 heavy (non-hydrogen) atoms. The summed E-state index contributed by atoms with van der Waals surface area (Å²) >= 11 is 0. The number of aliphatic carboxylic acids is 1. The zero-order chi connectivity index (χ0) is 26.3. The topological polar surface area (TPSA) is 193 Å². The first-order chi connectivity index (χ1) is 16.8. The van der Waals surface area contributed by atoms with Crippen LogP contribution in [-0.4, -0.2) is 53.6 Å². The van der Waals surface area contributed by atoms with Crippen LogP contribution in [0.1, 0.15) is 0 Å². The molecule has 0 spiro atoms. The molecule has 1 amide bonds. The Bertz CT molecular complexity index is 1610. The van der Waals surface area contributed by atoms with Crippen molar-refractivity contribution in [2.45, 2.75) is 15.8 Å². The number of rotatable bonds is 7. The zero-order valence-corrected chi connectivity index (χ0v) is 19.6. The highest BCUT2D eigenvalue weighted by Gasteiger charge is 2.55. The van der Waals surface area contributed by atoms with Crippen molar-refractivity contribution in [1.82, 2.24) is 9.27 Å². The Morgan fingerprint density at radius 3 is 1.83 bits per heavy atom. The number of aromatic nitrogens is 1. The van der Waals surface area contributed by atoms with Crippen LogP contribution < -0.4 is 4.59 Å². The average molecular weight is 534 g/mol. The van der Waals surface area contributed by atoms with Gasteiger partial charge < -0.3 is 5.11 Å². The van der Waals surface area contributed by atoms with Gasteiger partial charge in [0.25, 0.3) is 20.2 Å². The number of amides is 1. The molecule has 3 N–H and O–H groups in total. The smallest absolute Gasteiger partial charge is 0.379 e. The molecule has 1 aliphatic rings. The molecule has 0 radical (unpaired) electrons. The molecule has 3 aromatic rings. The summed E-state index contributed by atoms with van der Waals surface area (Å²) in [6.07, 6.45) is 4.13. The lowest BCUT2D eigenvalue weighted by Crippen LogP contribution is -2.53. The van der Waals surface area contributed by atoms with Crippen LogP contribution in [0, 0.1) is 0 Å². The van der Waals surface area contributed by atoms with E-state index in [9.17, 15) is 36.1 Å². The van der Waals surface area contributed by atoms with Gasteiger partial charge in [0.15, 0.2) is 5.69 Å². The Morgan fingerprint density at radius 2 is 1.36 bits per heavy atom. The number of carbonyl (C=O) groups is 2. The van der Waals surface area contributed by atoms with Crippen LogP contribution in [0.4, 0.5) is 11.4 Å². The third-order valence-corrected chi connectivity index (χ3v) is 7.08. The van der Waals surface area contributed by atoms with Gasteiger partial charge in [-0.05, 0) is 48.5 Å². The molecule has 13 nitrogen and oxygen atoms in total. The fourth-order valence-electron chi connectivity index (χ4n) is 3.64. The maximum atomic E-state index is 13.7. The predicted octanol–water partition coefficient (Wildman–Crippen LogP) is 2.41. The van der Waals surface area contributed by atoms with Gasteiger partial charge in [-0.2, -0.15) is 31.7 Å². The van der Waals surface area contributed by atoms with Gasteiger partial charge in [0, 0.05) is 12.1 Å². The van der Waals surface area contributed by atoms with Gasteiger partial charge in [0.1, 0.15) is 11.8 Å². The Labute approximate surface area is 204 Å². The number of carboxylic acids is 1. The second-order valence-corrected chi connectivity index (χ2v) is 10.4. The molecule has 2 atom stereocenters. The fourth-order valence-corrected chi connectivity index (χ4v) is 4.60. The van der Waals surface area contributed by atoms with Crippen molar-refractivity contribution in [2.75, 3.05) is 0 Å². The summed E-state index contributed by atoms with van der Waals surface area (Å²) in [5.74, 6) is -2.21. The summed E-state index contributed by atoms with van der Waals surface area (Å²) < 4.78 is 64.2. The van der Waals surface area contributed by atoms with Crippen molar-refractivity contribution in [3.8, 4) is 0 Å². The van der Waals surface area contributed by atoms with E-state index >= 15 is 0 Å². The monoisotopic (exact) mass is 533 g/mol. The number of carboxylic acid groups (broad SMARTS) is 1. The molecule has 0 fully saturated rings. The van der Waals surface area contributed by atoms with Crippen molar-refractivity contribution in [2.24, 2.45) is 10.2 Å². The molecule has 2 heterocycles. The van der Waals surface area contributed by atoms with Crippen LogP contribution >= 0.6 is 0 Å². The van der Waals surface area contributed by atoms with Gasteiger partial charge in [0.2, 0.25) is 6.04 Å². The molecule has 2 aromatic carbocycles. The van der Waals surface area contributed by atoms with E-state index in [1.165, 1.54) is 41.3 Å². The van der Waals surface area contributed by atoms with Crippen molar-refractivity contribution in [1.29, 1.82) is 0 Å². The van der Waals surface area contributed by atoms with Gasteiger partial charge in [-0.1, -0.05) is 4.59 Å². The van der Waals surface area contributed by atoms with Gasteiger partial charge in [0.05, 0.1) is 27.9 Å². The lowest BCUT2D eigenvalue weighted by molar-refractivity contribution is -0.134. The quantitative estimate of drug-likeness (QED) is 0.232. The summed E-state index contributed by atoms with van der Waals surface area (Å²) in [5.41, 5.74) is -0.174. The van der Waals surface area contributed by atoms with Crippen LogP contribution in [0.2, 0.25) is 0 Å². The maximum absolute atomic E-state index is 13.7. The molecule has 4 rings (SSSR count). The minimum absolute atomic E-state index is 0.0865. The summed E-state index contributed by atoms with van der Waals surface area (Å²) in [6, 6.07) is 10.8. The molecule has 186 valence electrons. The number of azo groups is 1. The number of benzene rings is 2. The molecule has 1 aliphatic heterocycles. The summed E-state index contributed by atoms with van der Waals surface area (Å²) in [6.45, 7) is 0. The molecule has 2 unspecified atom stereocenters. The first kappa shape index (κ1) is 25.1. The second kappa shape index (κ2) is 8.89. The lowest BCUT2D eigenvalue weighted by atomic mass is 10.1. The number of hydrogen-bond donors (Lipinski definition) is 3. The molecular weight excluding hydrogens is 516 g/mol. The first-order valence-corrected chi connectivity index (χ1v) is 12.8. The van der Waals surface area contributed by atoms with Crippen LogP contribution in [-0.2, 0) is 29.8 Å². The summed E-state index contributed by atoms with van der Waals surface area (Å²) in [5, 5.41) is 17.6. The van der Waals surface area contributed by atoms with E-state index in [0.717, 1.165) is 30.5 Å². The van der Waals surface area contributed by atoms with E-state index in [4.69, 9.17) is 4.55 Å². The third kappa shape index (κ3) is 4.48. The number of carbonyl (C=O) groups excluding carboxylic acids is 1. The largest absolute Gasteiger partial charge is 0.478 e. The Balaban J connectivity index is 1.80. The second-order valence-electron chi connectivity index (χ2n) is 7.53. The van der Waals surface area contributed by atoms with E-state index < -0.39 is 53.2 Å². The first-order valence-electron chi connectivity index (χ1n) is 9.93. The van der Waals surface area contributed by atoms with Gasteiger partial charge >= 0.3 is 11.9 Å². The van der Waals surface area contributed by atoms with E-state index in [2.05, 4.69) is 10.2 Å². The molecular formula is C21H17N4O9S2+. The van der Waals surface area contributed by atoms with Crippen LogP contribution in [0.25, 0.3) is 0 Å². The SMILES string of the molecule is O=C(O)C1=C[N+](c2ccc(S(=O)(=O)O)cc2)(n2cccc2)C(=O)C1N=Nc1ccc(S(=O)(=O)O)cc1. The highest BCUT2D eigenvalue weighted by Crippen LogP contribution is 2.36. The lowest BCUT2D eigenvalue weighted by Gasteiger charge is -2.28. The normalized spacial score (nSPS) is 20.6. The Hall–Kier alpha value is -4.02. The van der Waals surface area contributed by atoms with E-state index in [0.29, 0.717) is 0 Å². The van der Waals surface area contributed by atoms with Crippen molar-refractivity contribution < 1.29 is 40.6 Å². The minimum Gasteiger partial charge on any atom is -0.478 e. The van der Waals surface area contributed by atoms with Gasteiger partial charge in [-0.3, -0.25) is 9.11 Å².